The number of nitrogens with zero attached hydrogens (tertiary/aromatic N) is 3. The summed E-state index contributed by atoms with van der Waals surface area (Å²) in [6.07, 6.45) is 0.938. The van der Waals surface area contributed by atoms with Gasteiger partial charge < -0.3 is 14.5 Å². The Morgan fingerprint density at radius 1 is 1.19 bits per heavy atom. The third-order valence-corrected chi connectivity index (χ3v) is 7.65. The van der Waals surface area contributed by atoms with Crippen LogP contribution in [0.5, 0.6) is 5.75 Å². The van der Waals surface area contributed by atoms with Crippen molar-refractivity contribution in [1.29, 1.82) is 0 Å². The Balaban J connectivity index is 1.30. The lowest BCUT2D eigenvalue weighted by Crippen LogP contribution is -2.31. The summed E-state index contributed by atoms with van der Waals surface area (Å²) in [6, 6.07) is 3.96. The molecule has 1 saturated carbocycles. The number of halogens is 5. The molecule has 5 rings (SSSR count). The van der Waals surface area contributed by atoms with Crippen LogP contribution in [0.2, 0.25) is 5.02 Å². The van der Waals surface area contributed by atoms with Crippen molar-refractivity contribution >= 4 is 23.3 Å². The highest BCUT2D eigenvalue weighted by atomic mass is 35.5. The number of aromatic nitrogens is 1. The standard InChI is InChI=1S/C26H28ClF4N3O2/c1-25(6-9-34(14-25)23-11-19(26(29,30)31)20(27)13-32-23)15-36-22-12-21(28)18(10-17(22)16-4-5-16)24(35)33-7-2-3-8-33/h10-13,16H,2-9,14-15H2,1H3/t25-/m1/s1. The van der Waals surface area contributed by atoms with E-state index in [2.05, 4.69) is 4.98 Å². The molecule has 1 aromatic heterocycles. The molecule has 0 spiro atoms. The van der Waals surface area contributed by atoms with Gasteiger partial charge in [-0.25, -0.2) is 9.37 Å². The van der Waals surface area contributed by atoms with Crippen molar-refractivity contribution in [2.75, 3.05) is 37.7 Å². The fraction of sp³-hybridized carbons (Fsp3) is 0.538. The van der Waals surface area contributed by atoms with Crippen LogP contribution in [0.1, 0.15) is 66.4 Å². The van der Waals surface area contributed by atoms with Crippen LogP contribution in [0, 0.1) is 11.2 Å². The van der Waals surface area contributed by atoms with Crippen molar-refractivity contribution in [2.45, 2.75) is 51.1 Å². The summed E-state index contributed by atoms with van der Waals surface area (Å²) in [4.78, 5) is 20.4. The number of carbonyl (C=O) groups excluding carboxylic acids is 1. The van der Waals surface area contributed by atoms with Crippen molar-refractivity contribution in [3.05, 3.63) is 51.9 Å². The van der Waals surface area contributed by atoms with Gasteiger partial charge in [0, 0.05) is 43.9 Å². The monoisotopic (exact) mass is 525 g/mol. The third kappa shape index (κ3) is 5.12. The van der Waals surface area contributed by atoms with Gasteiger partial charge in [-0.1, -0.05) is 18.5 Å². The van der Waals surface area contributed by atoms with Gasteiger partial charge >= 0.3 is 6.18 Å². The average molecular weight is 526 g/mol. The first-order valence-corrected chi connectivity index (χ1v) is 12.7. The van der Waals surface area contributed by atoms with Gasteiger partial charge in [0.15, 0.2) is 0 Å². The molecule has 194 valence electrons. The van der Waals surface area contributed by atoms with Crippen LogP contribution >= 0.6 is 11.6 Å². The summed E-state index contributed by atoms with van der Waals surface area (Å²) in [5.74, 6) is 0.0410. The Hall–Kier alpha value is -2.55. The minimum Gasteiger partial charge on any atom is -0.493 e. The summed E-state index contributed by atoms with van der Waals surface area (Å²) >= 11 is 5.71. The molecule has 0 N–H and O–H groups in total. The van der Waals surface area contributed by atoms with Crippen LogP contribution in [-0.4, -0.2) is 48.6 Å². The van der Waals surface area contributed by atoms with E-state index >= 15 is 4.39 Å². The molecule has 0 bridgehead atoms. The van der Waals surface area contributed by atoms with Crippen LogP contribution in [0.3, 0.4) is 0 Å². The smallest absolute Gasteiger partial charge is 0.418 e. The fourth-order valence-electron chi connectivity index (χ4n) is 5.07. The lowest BCUT2D eigenvalue weighted by molar-refractivity contribution is -0.137. The first-order valence-electron chi connectivity index (χ1n) is 12.3. The van der Waals surface area contributed by atoms with Crippen LogP contribution in [-0.2, 0) is 6.18 Å². The van der Waals surface area contributed by atoms with E-state index in [0.717, 1.165) is 43.5 Å². The minimum absolute atomic E-state index is 0.0960. The van der Waals surface area contributed by atoms with Crippen LogP contribution in [0.15, 0.2) is 24.4 Å². The summed E-state index contributed by atoms with van der Waals surface area (Å²) < 4.78 is 61.0. The molecular formula is C26H28ClF4N3O2. The second kappa shape index (κ2) is 9.39. The summed E-state index contributed by atoms with van der Waals surface area (Å²) in [6.45, 7) is 4.51. The maximum atomic E-state index is 15.0. The predicted molar refractivity (Wildman–Crippen MR) is 128 cm³/mol. The number of benzene rings is 1. The fourth-order valence-corrected chi connectivity index (χ4v) is 5.28. The number of amides is 1. The number of pyridine rings is 1. The number of alkyl halides is 3. The molecule has 5 nitrogen and oxygen atoms in total. The van der Waals surface area contributed by atoms with Crippen molar-refractivity contribution in [2.24, 2.45) is 5.41 Å². The maximum Gasteiger partial charge on any atom is 0.418 e. The normalized spacial score (nSPS) is 22.4. The maximum absolute atomic E-state index is 15.0. The van der Waals surface area contributed by atoms with E-state index in [0.29, 0.717) is 38.3 Å². The number of carbonyl (C=O) groups is 1. The summed E-state index contributed by atoms with van der Waals surface area (Å²) in [5.41, 5.74) is -0.335. The van der Waals surface area contributed by atoms with E-state index in [1.54, 1.807) is 15.9 Å². The van der Waals surface area contributed by atoms with E-state index in [1.807, 2.05) is 6.92 Å². The molecule has 1 aliphatic carbocycles. The van der Waals surface area contributed by atoms with Gasteiger partial charge in [-0.15, -0.1) is 0 Å². The number of likely N-dealkylation sites (tertiary alicyclic amines) is 1. The van der Waals surface area contributed by atoms with Gasteiger partial charge in [0.2, 0.25) is 0 Å². The Labute approximate surface area is 212 Å². The Kier molecular flexibility index (Phi) is 6.55. The topological polar surface area (TPSA) is 45.7 Å². The van der Waals surface area contributed by atoms with Gasteiger partial charge in [0.25, 0.3) is 5.91 Å². The van der Waals surface area contributed by atoms with Gasteiger partial charge in [0.1, 0.15) is 17.4 Å². The molecule has 1 atom stereocenters. The number of hydrogen-bond donors (Lipinski definition) is 0. The van der Waals surface area contributed by atoms with Gasteiger partial charge in [-0.05, 0) is 55.7 Å². The zero-order valence-corrected chi connectivity index (χ0v) is 20.8. The molecular weight excluding hydrogens is 498 g/mol. The van der Waals surface area contributed by atoms with Crippen LogP contribution in [0.25, 0.3) is 0 Å². The third-order valence-electron chi connectivity index (χ3n) is 7.34. The molecule has 10 heteroatoms. The quantitative estimate of drug-likeness (QED) is 0.415. The van der Waals surface area contributed by atoms with Crippen LogP contribution < -0.4 is 9.64 Å². The zero-order valence-electron chi connectivity index (χ0n) is 20.0. The molecule has 0 radical (unpaired) electrons. The zero-order chi connectivity index (χ0) is 25.7. The molecule has 3 heterocycles. The molecule has 1 amide bonds. The van der Waals surface area contributed by atoms with E-state index < -0.39 is 22.6 Å². The van der Waals surface area contributed by atoms with E-state index in [4.69, 9.17) is 16.3 Å². The lowest BCUT2D eigenvalue weighted by Gasteiger charge is -2.26. The average Bonchev–Trinajstić information content (AvgIpc) is 3.36. The Morgan fingerprint density at radius 3 is 2.58 bits per heavy atom. The van der Waals surface area contributed by atoms with E-state index in [9.17, 15) is 18.0 Å². The molecule has 0 unspecified atom stereocenters. The Bertz CT molecular complexity index is 1160. The number of rotatable bonds is 6. The van der Waals surface area contributed by atoms with E-state index in [-0.39, 0.29) is 35.2 Å². The molecule has 3 fully saturated rings. The first-order chi connectivity index (χ1) is 17.0. The van der Waals surface area contributed by atoms with Gasteiger partial charge in [0.05, 0.1) is 22.8 Å². The van der Waals surface area contributed by atoms with Crippen molar-refractivity contribution in [1.82, 2.24) is 9.88 Å². The molecule has 2 aliphatic heterocycles. The second-order valence-electron chi connectivity index (χ2n) is 10.4. The molecule has 2 saturated heterocycles. The second-order valence-corrected chi connectivity index (χ2v) is 10.8. The number of hydrogen-bond acceptors (Lipinski definition) is 4. The Morgan fingerprint density at radius 2 is 1.92 bits per heavy atom. The van der Waals surface area contributed by atoms with Crippen molar-refractivity contribution in [3.8, 4) is 5.75 Å². The highest BCUT2D eigenvalue weighted by Crippen LogP contribution is 2.46. The van der Waals surface area contributed by atoms with Crippen molar-refractivity contribution < 1.29 is 27.1 Å². The summed E-state index contributed by atoms with van der Waals surface area (Å²) in [5, 5.41) is -0.433. The predicted octanol–water partition coefficient (Wildman–Crippen LogP) is 6.30. The molecule has 3 aliphatic rings. The van der Waals surface area contributed by atoms with E-state index in [1.165, 1.54) is 6.07 Å². The van der Waals surface area contributed by atoms with Crippen LogP contribution in [0.4, 0.5) is 23.4 Å². The molecule has 36 heavy (non-hydrogen) atoms. The lowest BCUT2D eigenvalue weighted by atomic mass is 9.91. The molecule has 2 aromatic rings. The summed E-state index contributed by atoms with van der Waals surface area (Å²) in [7, 11) is 0. The SMILES string of the molecule is C[C@@]1(COc2cc(F)c(C(=O)N3CCCC3)cc2C2CC2)CCN(c2cc(C(F)(F)F)c(Cl)cn2)C1. The molecule has 1 aromatic carbocycles. The number of ether oxygens (including phenoxy) is 1. The highest BCUT2D eigenvalue weighted by molar-refractivity contribution is 6.31. The van der Waals surface area contributed by atoms with Crippen molar-refractivity contribution in [3.63, 3.8) is 0 Å². The van der Waals surface area contributed by atoms with Gasteiger partial charge in [-0.2, -0.15) is 13.2 Å². The largest absolute Gasteiger partial charge is 0.493 e. The van der Waals surface area contributed by atoms with Gasteiger partial charge in [-0.3, -0.25) is 4.79 Å². The highest BCUT2D eigenvalue weighted by Gasteiger charge is 2.39. The number of anilines is 1. The minimum atomic E-state index is -4.56. The first kappa shape index (κ1) is 25.1.